The Morgan fingerprint density at radius 1 is 1.23 bits per heavy atom. The van der Waals surface area contributed by atoms with Crippen LogP contribution in [0.15, 0.2) is 54.6 Å². The van der Waals surface area contributed by atoms with Crippen molar-refractivity contribution >= 4 is 18.0 Å². The largest absolute Gasteiger partial charge is 0.491 e. The molecule has 0 aliphatic carbocycles. The molecule has 3 rings (SSSR count). The monoisotopic (exact) mass is 412 g/mol. The van der Waals surface area contributed by atoms with Gasteiger partial charge in [0, 0.05) is 25.2 Å². The molecule has 0 unspecified atom stereocenters. The van der Waals surface area contributed by atoms with E-state index in [1.54, 1.807) is 13.1 Å². The van der Waals surface area contributed by atoms with Crippen molar-refractivity contribution in [3.05, 3.63) is 77.4 Å². The zero-order chi connectivity index (χ0) is 21.9. The number of carbonyl (C=O) groups is 2. The van der Waals surface area contributed by atoms with Gasteiger partial charge in [0.2, 0.25) is 6.41 Å². The lowest BCUT2D eigenvalue weighted by Gasteiger charge is -2.16. The topological polar surface area (TPSA) is 101 Å². The normalized spacial score (nSPS) is 9.97. The van der Waals surface area contributed by atoms with Gasteiger partial charge < -0.3 is 15.4 Å². The lowest BCUT2D eigenvalue weighted by Crippen LogP contribution is -2.15. The van der Waals surface area contributed by atoms with Crippen LogP contribution in [0, 0.1) is 5.82 Å². The molecule has 0 bridgehead atoms. The SMILES string of the molecule is CCCOc1ccc(F)cc1N(C)C=O.NC(=O)c1cc(Cc2ccccc2)[nH]n1. The maximum Gasteiger partial charge on any atom is 0.269 e. The number of halogens is 1. The van der Waals surface area contributed by atoms with E-state index < -0.39 is 5.91 Å². The van der Waals surface area contributed by atoms with Crippen molar-refractivity contribution in [1.82, 2.24) is 10.2 Å². The number of hydrogen-bond acceptors (Lipinski definition) is 4. The second kappa shape index (κ2) is 11.4. The molecule has 7 nitrogen and oxygen atoms in total. The third kappa shape index (κ3) is 6.73. The first-order valence-electron chi connectivity index (χ1n) is 9.43. The molecule has 0 saturated carbocycles. The zero-order valence-electron chi connectivity index (χ0n) is 17.0. The molecule has 1 heterocycles. The maximum atomic E-state index is 13.0. The summed E-state index contributed by atoms with van der Waals surface area (Å²) < 4.78 is 18.4. The van der Waals surface area contributed by atoms with E-state index in [4.69, 9.17) is 10.5 Å². The van der Waals surface area contributed by atoms with Gasteiger partial charge >= 0.3 is 0 Å². The van der Waals surface area contributed by atoms with E-state index in [2.05, 4.69) is 10.2 Å². The van der Waals surface area contributed by atoms with Crippen molar-refractivity contribution < 1.29 is 18.7 Å². The number of benzene rings is 2. The summed E-state index contributed by atoms with van der Waals surface area (Å²) in [6.07, 6.45) is 2.20. The smallest absolute Gasteiger partial charge is 0.269 e. The minimum atomic E-state index is -0.509. The summed E-state index contributed by atoms with van der Waals surface area (Å²) in [4.78, 5) is 22.7. The Balaban J connectivity index is 0.000000214. The van der Waals surface area contributed by atoms with Crippen molar-refractivity contribution in [2.45, 2.75) is 19.8 Å². The van der Waals surface area contributed by atoms with Crippen LogP contribution in [0.1, 0.15) is 35.1 Å². The summed E-state index contributed by atoms with van der Waals surface area (Å²) in [5.74, 6) is -0.374. The Bertz CT molecular complexity index is 960. The zero-order valence-corrected chi connectivity index (χ0v) is 17.0. The molecule has 8 heteroatoms. The van der Waals surface area contributed by atoms with Crippen molar-refractivity contribution in [2.75, 3.05) is 18.6 Å². The lowest BCUT2D eigenvalue weighted by atomic mass is 10.1. The van der Waals surface area contributed by atoms with Crippen LogP contribution in [0.4, 0.5) is 10.1 Å². The number of nitrogens with one attached hydrogen (secondary N) is 1. The van der Waals surface area contributed by atoms with Gasteiger partial charge in [-0.1, -0.05) is 37.3 Å². The summed E-state index contributed by atoms with van der Waals surface area (Å²) >= 11 is 0. The van der Waals surface area contributed by atoms with Crippen LogP contribution in [0.2, 0.25) is 0 Å². The molecular weight excluding hydrogens is 387 g/mol. The van der Waals surface area contributed by atoms with Gasteiger partial charge in [-0.15, -0.1) is 0 Å². The van der Waals surface area contributed by atoms with Gasteiger partial charge in [-0.2, -0.15) is 5.10 Å². The summed E-state index contributed by atoms with van der Waals surface area (Å²) in [6.45, 7) is 2.53. The third-order valence-corrected chi connectivity index (χ3v) is 4.04. The van der Waals surface area contributed by atoms with E-state index in [1.807, 2.05) is 37.3 Å². The minimum Gasteiger partial charge on any atom is -0.491 e. The molecule has 0 saturated heterocycles. The van der Waals surface area contributed by atoms with Crippen LogP contribution >= 0.6 is 0 Å². The quantitative estimate of drug-likeness (QED) is 0.554. The Morgan fingerprint density at radius 3 is 2.57 bits per heavy atom. The molecule has 0 fully saturated rings. The first-order valence-corrected chi connectivity index (χ1v) is 9.43. The molecule has 1 aromatic heterocycles. The van der Waals surface area contributed by atoms with Crippen molar-refractivity contribution in [1.29, 1.82) is 0 Å². The van der Waals surface area contributed by atoms with E-state index in [0.717, 1.165) is 24.1 Å². The highest BCUT2D eigenvalue weighted by atomic mass is 19.1. The number of carbonyl (C=O) groups excluding carboxylic acids is 2. The molecule has 30 heavy (non-hydrogen) atoms. The third-order valence-electron chi connectivity index (χ3n) is 4.04. The number of rotatable bonds is 8. The molecule has 0 aliphatic rings. The van der Waals surface area contributed by atoms with Crippen molar-refractivity contribution in [2.24, 2.45) is 5.73 Å². The number of ether oxygens (including phenoxy) is 1. The molecule has 3 N–H and O–H groups in total. The van der Waals surface area contributed by atoms with Gasteiger partial charge in [-0.3, -0.25) is 14.7 Å². The number of nitrogens with two attached hydrogens (primary N) is 1. The number of anilines is 1. The van der Waals surface area contributed by atoms with Gasteiger partial charge in [-0.25, -0.2) is 4.39 Å². The van der Waals surface area contributed by atoms with Crippen molar-refractivity contribution in [3.63, 3.8) is 0 Å². The fourth-order valence-corrected chi connectivity index (χ4v) is 2.55. The number of aromatic amines is 1. The number of nitrogens with zero attached hydrogens (tertiary/aromatic N) is 2. The van der Waals surface area contributed by atoms with Crippen LogP contribution in [0.5, 0.6) is 5.75 Å². The van der Waals surface area contributed by atoms with Crippen LogP contribution in [-0.2, 0) is 11.2 Å². The highest BCUT2D eigenvalue weighted by Crippen LogP contribution is 2.27. The number of H-pyrrole nitrogens is 1. The molecule has 0 atom stereocenters. The summed E-state index contributed by atoms with van der Waals surface area (Å²) in [5.41, 5.74) is 7.87. The molecule has 2 amide bonds. The molecule has 2 aromatic carbocycles. The number of hydrogen-bond donors (Lipinski definition) is 2. The summed E-state index contributed by atoms with van der Waals surface area (Å²) in [5, 5.41) is 6.60. The van der Waals surface area contributed by atoms with Crippen molar-refractivity contribution in [3.8, 4) is 5.75 Å². The van der Waals surface area contributed by atoms with Gasteiger partial charge in [0.1, 0.15) is 17.3 Å². The molecule has 3 aromatic rings. The van der Waals surface area contributed by atoms with E-state index >= 15 is 0 Å². The maximum absolute atomic E-state index is 13.0. The fraction of sp³-hybridized carbons (Fsp3) is 0.227. The van der Waals surface area contributed by atoms with Gasteiger partial charge in [-0.05, 0) is 30.2 Å². The Hall–Kier alpha value is -3.68. The molecule has 0 spiro atoms. The number of amides is 2. The number of aromatic nitrogens is 2. The van der Waals surface area contributed by atoms with Crippen LogP contribution in [0.25, 0.3) is 0 Å². The van der Waals surface area contributed by atoms with Crippen LogP contribution in [-0.4, -0.2) is 36.2 Å². The average molecular weight is 412 g/mol. The van der Waals surface area contributed by atoms with E-state index in [9.17, 15) is 14.0 Å². The van der Waals surface area contributed by atoms with Gasteiger partial charge in [0.05, 0.1) is 12.3 Å². The molecule has 0 aliphatic heterocycles. The highest BCUT2D eigenvalue weighted by Gasteiger charge is 2.09. The Kier molecular flexibility index (Phi) is 8.56. The minimum absolute atomic E-state index is 0.279. The fourth-order valence-electron chi connectivity index (χ4n) is 2.55. The van der Waals surface area contributed by atoms with Crippen LogP contribution < -0.4 is 15.4 Å². The summed E-state index contributed by atoms with van der Waals surface area (Å²) in [7, 11) is 1.56. The first kappa shape index (κ1) is 22.6. The Labute approximate surface area is 174 Å². The standard InChI is InChI=1S/C11H14FNO2.C11H11N3O/c1-3-6-15-11-5-4-9(12)7-10(11)13(2)8-14;12-11(15)10-7-9(13-14-10)6-8-4-2-1-3-5-8/h4-5,7-8H,3,6H2,1-2H3;1-5,7H,6H2,(H2,12,15)(H,13,14). The van der Waals surface area contributed by atoms with E-state index in [0.29, 0.717) is 24.5 Å². The molecular formula is C22H25FN4O3. The Morgan fingerprint density at radius 2 is 1.97 bits per heavy atom. The first-order chi connectivity index (χ1) is 14.4. The summed E-state index contributed by atoms with van der Waals surface area (Å²) in [6, 6.07) is 15.7. The average Bonchev–Trinajstić information content (AvgIpc) is 3.22. The predicted octanol–water partition coefficient (Wildman–Crippen LogP) is 3.31. The lowest BCUT2D eigenvalue weighted by molar-refractivity contribution is -0.107. The highest BCUT2D eigenvalue weighted by molar-refractivity contribution is 5.90. The molecule has 158 valence electrons. The van der Waals surface area contributed by atoms with Crippen LogP contribution in [0.3, 0.4) is 0 Å². The van der Waals surface area contributed by atoms with Gasteiger partial charge in [0.25, 0.3) is 5.91 Å². The van der Waals surface area contributed by atoms with E-state index in [1.165, 1.54) is 23.1 Å². The number of primary amides is 1. The predicted molar refractivity (Wildman–Crippen MR) is 113 cm³/mol. The second-order valence-corrected chi connectivity index (χ2v) is 6.48. The van der Waals surface area contributed by atoms with E-state index in [-0.39, 0.29) is 11.5 Å². The molecule has 0 radical (unpaired) electrons. The van der Waals surface area contributed by atoms with Gasteiger partial charge in [0.15, 0.2) is 0 Å². The second-order valence-electron chi connectivity index (χ2n) is 6.48.